The summed E-state index contributed by atoms with van der Waals surface area (Å²) >= 11 is 0. The molecule has 17 heavy (non-hydrogen) atoms. The van der Waals surface area contributed by atoms with Gasteiger partial charge in [-0.25, -0.2) is 13.2 Å². The van der Waals surface area contributed by atoms with Crippen molar-refractivity contribution in [1.29, 1.82) is 0 Å². The number of nitrogens with zero attached hydrogens (tertiary/aromatic N) is 1. The van der Waals surface area contributed by atoms with Crippen LogP contribution >= 0.6 is 0 Å². The lowest BCUT2D eigenvalue weighted by atomic mass is 9.80. The molecule has 2 bridgehead atoms. The number of amides is 1. The minimum absolute atomic E-state index is 0.0357. The van der Waals surface area contributed by atoms with Gasteiger partial charge in [0.15, 0.2) is 5.67 Å². The van der Waals surface area contributed by atoms with E-state index in [0.717, 1.165) is 6.42 Å². The maximum Gasteiger partial charge on any atom is 0.260 e. The number of hydrogen-bond acceptors (Lipinski definition) is 1. The van der Waals surface area contributed by atoms with E-state index in [0.29, 0.717) is 12.8 Å². The zero-order chi connectivity index (χ0) is 12.3. The average Bonchev–Trinajstić information content (AvgIpc) is 2.45. The highest BCUT2D eigenvalue weighted by Crippen LogP contribution is 2.49. The summed E-state index contributed by atoms with van der Waals surface area (Å²) in [4.78, 5) is 13.3. The first kappa shape index (κ1) is 11.4. The Labute approximate surface area is 98.2 Å². The number of carbonyl (C=O) groups excluding carboxylic acids is 1. The van der Waals surface area contributed by atoms with E-state index in [1.165, 1.54) is 4.90 Å². The standard InChI is InChI=1S/C12H16F3NO/c13-11(4-1-5-11)10(17)16-6-8-2-3-9(7-16)12(8,14)15/h8-9H,1-7H2. The second kappa shape index (κ2) is 3.39. The van der Waals surface area contributed by atoms with Crippen LogP contribution in [0.15, 0.2) is 0 Å². The molecule has 0 radical (unpaired) electrons. The van der Waals surface area contributed by atoms with Crippen LogP contribution in [0.3, 0.4) is 0 Å². The van der Waals surface area contributed by atoms with E-state index in [4.69, 9.17) is 0 Å². The highest BCUT2D eigenvalue weighted by Gasteiger charge is 2.58. The molecule has 96 valence electrons. The molecule has 2 unspecified atom stereocenters. The van der Waals surface area contributed by atoms with Crippen molar-refractivity contribution in [2.75, 3.05) is 13.1 Å². The fraction of sp³-hybridized carbons (Fsp3) is 0.917. The van der Waals surface area contributed by atoms with Gasteiger partial charge in [-0.3, -0.25) is 4.79 Å². The van der Waals surface area contributed by atoms with Crippen molar-refractivity contribution in [1.82, 2.24) is 4.90 Å². The Bertz CT molecular complexity index is 338. The Hall–Kier alpha value is -0.740. The molecule has 0 aromatic carbocycles. The molecule has 2 nitrogen and oxygen atoms in total. The van der Waals surface area contributed by atoms with Crippen LogP contribution in [0.4, 0.5) is 13.2 Å². The Morgan fingerprint density at radius 1 is 1.06 bits per heavy atom. The van der Waals surface area contributed by atoms with E-state index in [-0.39, 0.29) is 25.9 Å². The number of rotatable bonds is 1. The van der Waals surface area contributed by atoms with Crippen LogP contribution in [0, 0.1) is 11.8 Å². The van der Waals surface area contributed by atoms with Crippen LogP contribution in [-0.4, -0.2) is 35.5 Å². The maximum absolute atomic E-state index is 14.0. The molecule has 0 aromatic heterocycles. The van der Waals surface area contributed by atoms with E-state index in [1.54, 1.807) is 0 Å². The summed E-state index contributed by atoms with van der Waals surface area (Å²) in [5.74, 6) is -4.71. The van der Waals surface area contributed by atoms with E-state index < -0.39 is 29.3 Å². The first-order valence-electron chi connectivity index (χ1n) is 6.29. The molecule has 2 aliphatic carbocycles. The number of fused-ring (bicyclic) bond motifs is 2. The zero-order valence-electron chi connectivity index (χ0n) is 9.59. The summed E-state index contributed by atoms with van der Waals surface area (Å²) in [6.07, 6.45) is 2.16. The number of halogens is 3. The monoisotopic (exact) mass is 247 g/mol. The zero-order valence-corrected chi connectivity index (χ0v) is 9.59. The third-order valence-corrected chi connectivity index (χ3v) is 4.65. The Kier molecular flexibility index (Phi) is 2.26. The lowest BCUT2D eigenvalue weighted by Gasteiger charge is -2.42. The number of alkyl halides is 3. The molecule has 3 fully saturated rings. The molecule has 3 rings (SSSR count). The van der Waals surface area contributed by atoms with Crippen molar-refractivity contribution < 1.29 is 18.0 Å². The van der Waals surface area contributed by atoms with Gasteiger partial charge in [-0.1, -0.05) is 0 Å². The van der Waals surface area contributed by atoms with E-state index in [2.05, 4.69) is 0 Å². The maximum atomic E-state index is 14.0. The van der Waals surface area contributed by atoms with Crippen molar-refractivity contribution in [3.05, 3.63) is 0 Å². The first-order chi connectivity index (χ1) is 7.93. The van der Waals surface area contributed by atoms with Crippen LogP contribution in [0.25, 0.3) is 0 Å². The molecular weight excluding hydrogens is 231 g/mol. The van der Waals surface area contributed by atoms with Crippen LogP contribution in [0.1, 0.15) is 32.1 Å². The molecule has 0 N–H and O–H groups in total. The van der Waals surface area contributed by atoms with Gasteiger partial charge in [-0.15, -0.1) is 0 Å². The normalized spacial score (nSPS) is 37.7. The van der Waals surface area contributed by atoms with Gasteiger partial charge in [0.2, 0.25) is 0 Å². The van der Waals surface area contributed by atoms with Gasteiger partial charge in [0.1, 0.15) is 0 Å². The number of piperidine rings is 1. The molecule has 3 aliphatic rings. The highest BCUT2D eigenvalue weighted by molar-refractivity contribution is 5.86. The molecule has 1 amide bonds. The number of carbonyl (C=O) groups is 1. The lowest BCUT2D eigenvalue weighted by molar-refractivity contribution is -0.164. The molecular formula is C12H16F3NO. The van der Waals surface area contributed by atoms with E-state index in [9.17, 15) is 18.0 Å². The Morgan fingerprint density at radius 3 is 2.00 bits per heavy atom. The SMILES string of the molecule is O=C(N1CC2CCC(C1)C2(F)F)C1(F)CCC1. The molecule has 1 heterocycles. The number of hydrogen-bond donors (Lipinski definition) is 0. The third-order valence-electron chi connectivity index (χ3n) is 4.65. The van der Waals surface area contributed by atoms with E-state index in [1.807, 2.05) is 0 Å². The minimum atomic E-state index is -2.65. The molecule has 1 aliphatic heterocycles. The van der Waals surface area contributed by atoms with Gasteiger partial charge < -0.3 is 4.90 Å². The van der Waals surface area contributed by atoms with Crippen molar-refractivity contribution in [2.45, 2.75) is 43.7 Å². The highest BCUT2D eigenvalue weighted by atomic mass is 19.3. The molecule has 1 saturated heterocycles. The topological polar surface area (TPSA) is 20.3 Å². The van der Waals surface area contributed by atoms with Gasteiger partial charge in [-0.05, 0) is 32.1 Å². The number of likely N-dealkylation sites (tertiary alicyclic amines) is 1. The predicted octanol–water partition coefficient (Wildman–Crippen LogP) is 2.38. The second-order valence-corrected chi connectivity index (χ2v) is 5.67. The molecule has 2 atom stereocenters. The third kappa shape index (κ3) is 1.50. The summed E-state index contributed by atoms with van der Waals surface area (Å²) in [5, 5.41) is 0. The van der Waals surface area contributed by atoms with Gasteiger partial charge in [0.25, 0.3) is 11.8 Å². The summed E-state index contributed by atoms with van der Waals surface area (Å²) < 4.78 is 41.3. The lowest BCUT2D eigenvalue weighted by Crippen LogP contribution is -2.57. The van der Waals surface area contributed by atoms with Crippen molar-refractivity contribution in [3.63, 3.8) is 0 Å². The quantitative estimate of drug-likeness (QED) is 0.696. The van der Waals surface area contributed by atoms with Crippen LogP contribution in [0.5, 0.6) is 0 Å². The Morgan fingerprint density at radius 2 is 1.59 bits per heavy atom. The van der Waals surface area contributed by atoms with E-state index >= 15 is 0 Å². The molecule has 5 heteroatoms. The summed E-state index contributed by atoms with van der Waals surface area (Å²) in [6, 6.07) is 0. The molecule has 0 aromatic rings. The van der Waals surface area contributed by atoms with Crippen LogP contribution in [0.2, 0.25) is 0 Å². The summed E-state index contributed by atoms with van der Waals surface area (Å²) in [6.45, 7) is 0.0714. The first-order valence-corrected chi connectivity index (χ1v) is 6.29. The summed E-state index contributed by atoms with van der Waals surface area (Å²) in [7, 11) is 0. The fourth-order valence-corrected chi connectivity index (χ4v) is 3.30. The fourth-order valence-electron chi connectivity index (χ4n) is 3.30. The van der Waals surface area contributed by atoms with Gasteiger partial charge in [0.05, 0.1) is 0 Å². The van der Waals surface area contributed by atoms with Crippen molar-refractivity contribution >= 4 is 5.91 Å². The van der Waals surface area contributed by atoms with Crippen molar-refractivity contribution in [2.24, 2.45) is 11.8 Å². The molecule has 0 spiro atoms. The smallest absolute Gasteiger partial charge is 0.260 e. The van der Waals surface area contributed by atoms with Crippen LogP contribution < -0.4 is 0 Å². The van der Waals surface area contributed by atoms with Gasteiger partial charge >= 0.3 is 0 Å². The largest absolute Gasteiger partial charge is 0.339 e. The Balaban J connectivity index is 1.74. The predicted molar refractivity (Wildman–Crippen MR) is 55.4 cm³/mol. The van der Waals surface area contributed by atoms with Crippen molar-refractivity contribution in [3.8, 4) is 0 Å². The second-order valence-electron chi connectivity index (χ2n) is 5.67. The van der Waals surface area contributed by atoms with Gasteiger partial charge in [0, 0.05) is 24.9 Å². The van der Waals surface area contributed by atoms with Crippen LogP contribution in [-0.2, 0) is 4.79 Å². The average molecular weight is 247 g/mol. The summed E-state index contributed by atoms with van der Waals surface area (Å²) in [5.41, 5.74) is -1.74. The minimum Gasteiger partial charge on any atom is -0.339 e. The molecule has 2 saturated carbocycles. The van der Waals surface area contributed by atoms with Gasteiger partial charge in [-0.2, -0.15) is 0 Å².